The van der Waals surface area contributed by atoms with E-state index >= 15 is 0 Å². The van der Waals surface area contributed by atoms with E-state index in [1.807, 2.05) is 0 Å². The molecule has 86 valence electrons. The van der Waals surface area contributed by atoms with Crippen LogP contribution in [0.25, 0.3) is 0 Å². The fraction of sp³-hybridized carbons (Fsp3) is 0.364. The summed E-state index contributed by atoms with van der Waals surface area (Å²) < 4.78 is 13.8. The first kappa shape index (κ1) is 11.4. The van der Waals surface area contributed by atoms with Crippen molar-refractivity contribution in [2.24, 2.45) is 0 Å². The van der Waals surface area contributed by atoms with Gasteiger partial charge in [-0.05, 0) is 46.5 Å². The maximum atomic E-state index is 13.4. The Balaban J connectivity index is 2.37. The number of carboxylic acid groups (broad SMARTS) is 1. The minimum atomic E-state index is -0.985. The van der Waals surface area contributed by atoms with E-state index in [9.17, 15) is 9.18 Å². The summed E-state index contributed by atoms with van der Waals surface area (Å²) in [6, 6.07) is 4.77. The zero-order chi connectivity index (χ0) is 11.9. The number of nitrogens with zero attached hydrogens (tertiary/aromatic N) is 1. The number of hydrogen-bond donors (Lipinski definition) is 1. The van der Waals surface area contributed by atoms with Crippen LogP contribution in [0.5, 0.6) is 0 Å². The Morgan fingerprint density at radius 1 is 1.56 bits per heavy atom. The molecule has 16 heavy (non-hydrogen) atoms. The molecule has 5 heteroatoms. The molecular weight excluding hydrogens is 277 g/mol. The van der Waals surface area contributed by atoms with Crippen LogP contribution in [0.1, 0.15) is 18.4 Å². The molecule has 0 saturated heterocycles. The molecule has 1 saturated carbocycles. The summed E-state index contributed by atoms with van der Waals surface area (Å²) >= 11 is 3.08. The Morgan fingerprint density at radius 3 is 2.62 bits per heavy atom. The van der Waals surface area contributed by atoms with E-state index in [1.165, 1.54) is 18.0 Å². The fourth-order valence-corrected chi connectivity index (χ4v) is 2.15. The summed E-state index contributed by atoms with van der Waals surface area (Å²) in [5.41, 5.74) is 0.200. The Labute approximate surface area is 101 Å². The molecule has 1 N–H and O–H groups in total. The van der Waals surface area contributed by atoms with Crippen molar-refractivity contribution in [1.82, 2.24) is 4.90 Å². The molecular formula is C11H11BrFNO2. The van der Waals surface area contributed by atoms with Crippen LogP contribution in [0.3, 0.4) is 0 Å². The van der Waals surface area contributed by atoms with E-state index in [0.717, 1.165) is 18.4 Å². The summed E-state index contributed by atoms with van der Waals surface area (Å²) in [5, 5.41) is 8.97. The molecule has 2 rings (SSSR count). The van der Waals surface area contributed by atoms with Crippen molar-refractivity contribution in [2.75, 3.05) is 7.05 Å². The SMILES string of the molecule is CN(C(=O)O)C1(c2ccc(Br)c(F)c2)CC1. The van der Waals surface area contributed by atoms with Gasteiger partial charge in [0.1, 0.15) is 5.82 Å². The van der Waals surface area contributed by atoms with Crippen LogP contribution in [0, 0.1) is 5.82 Å². The van der Waals surface area contributed by atoms with Crippen LogP contribution in [-0.2, 0) is 5.54 Å². The van der Waals surface area contributed by atoms with Crippen LogP contribution < -0.4 is 0 Å². The monoisotopic (exact) mass is 287 g/mol. The van der Waals surface area contributed by atoms with Gasteiger partial charge >= 0.3 is 6.09 Å². The normalized spacial score (nSPS) is 16.9. The molecule has 0 aromatic heterocycles. The molecule has 0 aliphatic heterocycles. The molecule has 1 aliphatic rings. The molecule has 1 amide bonds. The molecule has 1 aromatic carbocycles. The second-order valence-corrected chi connectivity index (χ2v) is 4.86. The van der Waals surface area contributed by atoms with Gasteiger partial charge in [-0.25, -0.2) is 9.18 Å². The molecule has 0 radical (unpaired) electrons. The van der Waals surface area contributed by atoms with Gasteiger partial charge in [-0.3, -0.25) is 0 Å². The van der Waals surface area contributed by atoms with Crippen LogP contribution in [-0.4, -0.2) is 23.1 Å². The highest BCUT2D eigenvalue weighted by molar-refractivity contribution is 9.10. The van der Waals surface area contributed by atoms with Gasteiger partial charge in [0, 0.05) is 7.05 Å². The minimum Gasteiger partial charge on any atom is -0.465 e. The second-order valence-electron chi connectivity index (χ2n) is 4.00. The first-order valence-corrected chi connectivity index (χ1v) is 5.69. The summed E-state index contributed by atoms with van der Waals surface area (Å²) in [7, 11) is 1.52. The maximum Gasteiger partial charge on any atom is 0.407 e. The van der Waals surface area contributed by atoms with E-state index < -0.39 is 11.6 Å². The van der Waals surface area contributed by atoms with Crippen LogP contribution in [0.2, 0.25) is 0 Å². The zero-order valence-corrected chi connectivity index (χ0v) is 10.3. The van der Waals surface area contributed by atoms with Gasteiger partial charge in [0.15, 0.2) is 0 Å². The van der Waals surface area contributed by atoms with Crippen LogP contribution in [0.4, 0.5) is 9.18 Å². The van der Waals surface area contributed by atoms with E-state index in [2.05, 4.69) is 15.9 Å². The molecule has 3 nitrogen and oxygen atoms in total. The van der Waals surface area contributed by atoms with Gasteiger partial charge in [-0.2, -0.15) is 0 Å². The van der Waals surface area contributed by atoms with Gasteiger partial charge in [0.2, 0.25) is 0 Å². The molecule has 1 aliphatic carbocycles. The van der Waals surface area contributed by atoms with Gasteiger partial charge < -0.3 is 10.0 Å². The van der Waals surface area contributed by atoms with Crippen LogP contribution in [0.15, 0.2) is 22.7 Å². The number of benzene rings is 1. The van der Waals surface area contributed by atoms with Gasteiger partial charge in [0.25, 0.3) is 0 Å². The summed E-state index contributed by atoms with van der Waals surface area (Å²) in [5.74, 6) is -0.359. The van der Waals surface area contributed by atoms with E-state index in [-0.39, 0.29) is 5.82 Å². The molecule has 0 spiro atoms. The van der Waals surface area contributed by atoms with Crippen molar-refractivity contribution in [3.8, 4) is 0 Å². The van der Waals surface area contributed by atoms with Crippen molar-refractivity contribution >= 4 is 22.0 Å². The second kappa shape index (κ2) is 3.73. The molecule has 1 fully saturated rings. The zero-order valence-electron chi connectivity index (χ0n) is 8.70. The van der Waals surface area contributed by atoms with E-state index in [4.69, 9.17) is 5.11 Å². The average Bonchev–Trinajstić information content (AvgIpc) is 3.02. The largest absolute Gasteiger partial charge is 0.465 e. The van der Waals surface area contributed by atoms with Crippen molar-refractivity contribution in [2.45, 2.75) is 18.4 Å². The topological polar surface area (TPSA) is 40.5 Å². The molecule has 0 unspecified atom stereocenters. The molecule has 0 heterocycles. The third kappa shape index (κ3) is 1.69. The maximum absolute atomic E-state index is 13.4. The van der Waals surface area contributed by atoms with Gasteiger partial charge in [0.05, 0.1) is 10.0 Å². The summed E-state index contributed by atoms with van der Waals surface area (Å²) in [6.07, 6.45) is 0.508. The predicted octanol–water partition coefficient (Wildman–Crippen LogP) is 3.19. The number of amides is 1. The number of rotatable bonds is 2. The predicted molar refractivity (Wildman–Crippen MR) is 60.8 cm³/mol. The Morgan fingerprint density at radius 2 is 2.19 bits per heavy atom. The van der Waals surface area contributed by atoms with Crippen LogP contribution >= 0.6 is 15.9 Å². The van der Waals surface area contributed by atoms with E-state index in [1.54, 1.807) is 12.1 Å². The highest BCUT2D eigenvalue weighted by atomic mass is 79.9. The molecule has 0 bridgehead atoms. The van der Waals surface area contributed by atoms with Crippen molar-refractivity contribution in [3.05, 3.63) is 34.1 Å². The first-order valence-electron chi connectivity index (χ1n) is 4.90. The Hall–Kier alpha value is -1.10. The summed E-state index contributed by atoms with van der Waals surface area (Å²) in [6.45, 7) is 0. The number of halogens is 2. The van der Waals surface area contributed by atoms with Crippen molar-refractivity contribution in [3.63, 3.8) is 0 Å². The fourth-order valence-electron chi connectivity index (χ4n) is 1.90. The molecule has 0 atom stereocenters. The Bertz CT molecular complexity index is 446. The lowest BCUT2D eigenvalue weighted by Gasteiger charge is -2.25. The van der Waals surface area contributed by atoms with Crippen molar-refractivity contribution in [1.29, 1.82) is 0 Å². The van der Waals surface area contributed by atoms with E-state index in [0.29, 0.717) is 4.47 Å². The third-order valence-corrected chi connectivity index (χ3v) is 3.75. The first-order chi connectivity index (χ1) is 7.47. The standard InChI is InChI=1S/C11H11BrFNO2/c1-14(10(15)16)11(4-5-11)7-2-3-8(12)9(13)6-7/h2-3,6H,4-5H2,1H3,(H,15,16). The quantitative estimate of drug-likeness (QED) is 0.908. The van der Waals surface area contributed by atoms with Crippen molar-refractivity contribution < 1.29 is 14.3 Å². The number of carbonyl (C=O) groups is 1. The smallest absolute Gasteiger partial charge is 0.407 e. The Kier molecular flexibility index (Phi) is 2.66. The lowest BCUT2D eigenvalue weighted by Crippen LogP contribution is -2.36. The lowest BCUT2D eigenvalue weighted by atomic mass is 10.0. The van der Waals surface area contributed by atoms with Gasteiger partial charge in [-0.1, -0.05) is 6.07 Å². The summed E-state index contributed by atoms with van der Waals surface area (Å²) in [4.78, 5) is 12.2. The molecule has 1 aromatic rings. The lowest BCUT2D eigenvalue weighted by molar-refractivity contribution is 0.131. The average molecular weight is 288 g/mol. The number of hydrogen-bond acceptors (Lipinski definition) is 1. The van der Waals surface area contributed by atoms with Gasteiger partial charge in [-0.15, -0.1) is 0 Å². The highest BCUT2D eigenvalue weighted by Crippen LogP contribution is 2.50. The minimum absolute atomic E-state index is 0.359. The highest BCUT2D eigenvalue weighted by Gasteiger charge is 2.50. The third-order valence-electron chi connectivity index (χ3n) is 3.11.